The lowest BCUT2D eigenvalue weighted by Gasteiger charge is -2.08. The summed E-state index contributed by atoms with van der Waals surface area (Å²) in [6, 6.07) is 9.83. The van der Waals surface area contributed by atoms with Gasteiger partial charge in [-0.25, -0.2) is 4.98 Å². The first-order chi connectivity index (χ1) is 9.09. The first-order valence-corrected chi connectivity index (χ1v) is 7.01. The van der Waals surface area contributed by atoms with E-state index in [1.54, 1.807) is 6.20 Å². The lowest BCUT2D eigenvalue weighted by atomic mass is 10.1. The number of nitrogens with two attached hydrogens (primary N) is 1. The van der Waals surface area contributed by atoms with Crippen molar-refractivity contribution >= 4 is 23.4 Å². The van der Waals surface area contributed by atoms with Gasteiger partial charge >= 0.3 is 0 Å². The predicted molar refractivity (Wildman–Crippen MR) is 79.6 cm³/mol. The first-order valence-electron chi connectivity index (χ1n) is 6.02. The van der Waals surface area contributed by atoms with E-state index in [1.807, 2.05) is 44.2 Å². The van der Waals surface area contributed by atoms with Crippen LogP contribution in [0.1, 0.15) is 21.5 Å². The number of anilines is 1. The van der Waals surface area contributed by atoms with Crippen molar-refractivity contribution in [1.29, 1.82) is 0 Å². The molecule has 2 aromatic rings. The molecular weight excluding hydrogens is 256 g/mol. The molecule has 0 bridgehead atoms. The molecule has 1 heterocycles. The van der Waals surface area contributed by atoms with Crippen molar-refractivity contribution in [3.63, 3.8) is 0 Å². The highest BCUT2D eigenvalue weighted by molar-refractivity contribution is 8.00. The van der Waals surface area contributed by atoms with Crippen molar-refractivity contribution in [1.82, 2.24) is 4.98 Å². The number of nitrogen functional groups attached to an aromatic ring is 1. The zero-order valence-corrected chi connectivity index (χ0v) is 11.8. The predicted octanol–water partition coefficient (Wildman–Crippen LogP) is 3.26. The van der Waals surface area contributed by atoms with Crippen LogP contribution in [0.3, 0.4) is 0 Å². The van der Waals surface area contributed by atoms with Crippen molar-refractivity contribution in [3.8, 4) is 0 Å². The van der Waals surface area contributed by atoms with Crippen molar-refractivity contribution in [3.05, 3.63) is 53.2 Å². The Morgan fingerprint density at radius 1 is 1.21 bits per heavy atom. The molecule has 0 amide bonds. The Morgan fingerprint density at radius 2 is 1.95 bits per heavy atom. The van der Waals surface area contributed by atoms with E-state index >= 15 is 0 Å². The topological polar surface area (TPSA) is 56.0 Å². The number of thioether (sulfide) groups is 1. The average molecular weight is 272 g/mol. The first kappa shape index (κ1) is 13.6. The second-order valence-corrected chi connectivity index (χ2v) is 5.38. The molecule has 98 valence electrons. The highest BCUT2D eigenvalue weighted by Gasteiger charge is 2.14. The van der Waals surface area contributed by atoms with Crippen LogP contribution in [-0.2, 0) is 0 Å². The van der Waals surface area contributed by atoms with Crippen LogP contribution >= 0.6 is 11.8 Å². The van der Waals surface area contributed by atoms with Crippen LogP contribution in [0.25, 0.3) is 0 Å². The van der Waals surface area contributed by atoms with Gasteiger partial charge in [0.05, 0.1) is 11.3 Å². The van der Waals surface area contributed by atoms with E-state index < -0.39 is 0 Å². The van der Waals surface area contributed by atoms with Crippen LogP contribution in [0.15, 0.2) is 41.4 Å². The highest BCUT2D eigenvalue weighted by atomic mass is 32.2. The van der Waals surface area contributed by atoms with Crippen LogP contribution in [0.2, 0.25) is 0 Å². The normalized spacial score (nSPS) is 10.4. The number of hydrogen-bond acceptors (Lipinski definition) is 4. The second kappa shape index (κ2) is 5.89. The van der Waals surface area contributed by atoms with E-state index in [9.17, 15) is 4.79 Å². The molecular formula is C15H16N2OS. The molecule has 4 heteroatoms. The summed E-state index contributed by atoms with van der Waals surface area (Å²) in [7, 11) is 0. The van der Waals surface area contributed by atoms with Crippen LogP contribution < -0.4 is 5.73 Å². The maximum Gasteiger partial charge on any atom is 0.177 e. The number of benzene rings is 1. The summed E-state index contributed by atoms with van der Waals surface area (Å²) < 4.78 is 0. The SMILES string of the molecule is Cc1ccccc1SCC(=O)c1c(C)ccnc1N. The molecule has 0 saturated heterocycles. The molecule has 0 unspecified atom stereocenters. The molecule has 0 saturated carbocycles. The van der Waals surface area contributed by atoms with E-state index in [-0.39, 0.29) is 5.78 Å². The molecule has 1 aromatic carbocycles. The molecule has 2 N–H and O–H groups in total. The van der Waals surface area contributed by atoms with Gasteiger partial charge in [-0.05, 0) is 37.1 Å². The summed E-state index contributed by atoms with van der Waals surface area (Å²) in [5, 5.41) is 0. The van der Waals surface area contributed by atoms with E-state index in [1.165, 1.54) is 17.3 Å². The molecule has 0 spiro atoms. The zero-order chi connectivity index (χ0) is 13.8. The number of carbonyl (C=O) groups excluding carboxylic acids is 1. The van der Waals surface area contributed by atoms with Crippen LogP contribution in [0.5, 0.6) is 0 Å². The Hall–Kier alpha value is -1.81. The third-order valence-electron chi connectivity index (χ3n) is 2.92. The molecule has 19 heavy (non-hydrogen) atoms. The van der Waals surface area contributed by atoms with Crippen LogP contribution in [0, 0.1) is 13.8 Å². The fraction of sp³-hybridized carbons (Fsp3) is 0.200. The van der Waals surface area contributed by atoms with Gasteiger partial charge < -0.3 is 5.73 Å². The zero-order valence-electron chi connectivity index (χ0n) is 11.0. The Balaban J connectivity index is 2.13. The van der Waals surface area contributed by atoms with Gasteiger partial charge in [-0.1, -0.05) is 18.2 Å². The number of ketones is 1. The lowest BCUT2D eigenvalue weighted by molar-refractivity contribution is 0.102. The summed E-state index contributed by atoms with van der Waals surface area (Å²) in [5.41, 5.74) is 8.38. The largest absolute Gasteiger partial charge is 0.383 e. The molecule has 3 nitrogen and oxygen atoms in total. The minimum absolute atomic E-state index is 0.0244. The van der Waals surface area contributed by atoms with Crippen LogP contribution in [-0.4, -0.2) is 16.5 Å². The van der Waals surface area contributed by atoms with Gasteiger partial charge in [-0.2, -0.15) is 0 Å². The summed E-state index contributed by atoms with van der Waals surface area (Å²) in [6.45, 7) is 3.92. The van der Waals surface area contributed by atoms with Crippen molar-refractivity contribution < 1.29 is 4.79 Å². The lowest BCUT2D eigenvalue weighted by Crippen LogP contribution is -2.10. The monoisotopic (exact) mass is 272 g/mol. The number of aromatic nitrogens is 1. The van der Waals surface area contributed by atoms with Gasteiger partial charge in [-0.3, -0.25) is 4.79 Å². The molecule has 0 atom stereocenters. The molecule has 2 rings (SSSR count). The van der Waals surface area contributed by atoms with E-state index in [0.717, 1.165) is 10.5 Å². The third kappa shape index (κ3) is 3.15. The standard InChI is InChI=1S/C15H16N2OS/c1-10-5-3-4-6-13(10)19-9-12(18)14-11(2)7-8-17-15(14)16/h3-8H,9H2,1-2H3,(H2,16,17). The van der Waals surface area contributed by atoms with Crippen molar-refractivity contribution in [2.75, 3.05) is 11.5 Å². The van der Waals surface area contributed by atoms with E-state index in [0.29, 0.717) is 17.1 Å². The van der Waals surface area contributed by atoms with Crippen molar-refractivity contribution in [2.45, 2.75) is 18.7 Å². The van der Waals surface area contributed by atoms with Gasteiger partial charge in [-0.15, -0.1) is 11.8 Å². The smallest absolute Gasteiger partial charge is 0.177 e. The minimum atomic E-state index is 0.0244. The quantitative estimate of drug-likeness (QED) is 0.685. The highest BCUT2D eigenvalue weighted by Crippen LogP contribution is 2.24. The summed E-state index contributed by atoms with van der Waals surface area (Å²) in [6.07, 6.45) is 1.62. The molecule has 0 radical (unpaired) electrons. The Morgan fingerprint density at radius 3 is 2.63 bits per heavy atom. The second-order valence-electron chi connectivity index (χ2n) is 4.37. The maximum absolute atomic E-state index is 12.2. The molecule has 0 aliphatic rings. The Labute approximate surface area is 117 Å². The number of hydrogen-bond donors (Lipinski definition) is 1. The summed E-state index contributed by atoms with van der Waals surface area (Å²) >= 11 is 1.53. The number of rotatable bonds is 4. The minimum Gasteiger partial charge on any atom is -0.383 e. The average Bonchev–Trinajstić information content (AvgIpc) is 2.37. The van der Waals surface area contributed by atoms with Gasteiger partial charge in [0.15, 0.2) is 5.78 Å². The van der Waals surface area contributed by atoms with E-state index in [4.69, 9.17) is 5.73 Å². The number of aryl methyl sites for hydroxylation is 2. The summed E-state index contributed by atoms with van der Waals surface area (Å²) in [4.78, 5) is 17.3. The molecule has 0 aliphatic carbocycles. The molecule has 0 fully saturated rings. The third-order valence-corrected chi connectivity index (χ3v) is 4.10. The fourth-order valence-electron chi connectivity index (χ4n) is 1.88. The fourth-order valence-corrected chi connectivity index (χ4v) is 2.78. The van der Waals surface area contributed by atoms with Crippen molar-refractivity contribution in [2.24, 2.45) is 0 Å². The molecule has 1 aromatic heterocycles. The van der Waals surface area contributed by atoms with Gasteiger partial charge in [0.25, 0.3) is 0 Å². The summed E-state index contributed by atoms with van der Waals surface area (Å²) in [5.74, 6) is 0.716. The van der Waals surface area contributed by atoms with Gasteiger partial charge in [0.2, 0.25) is 0 Å². The number of nitrogens with zero attached hydrogens (tertiary/aromatic N) is 1. The number of Topliss-reactive ketones (excluding diaryl/α,β-unsaturated/α-hetero) is 1. The maximum atomic E-state index is 12.2. The molecule has 0 aliphatic heterocycles. The Bertz CT molecular complexity index is 591. The van der Waals surface area contributed by atoms with Crippen LogP contribution in [0.4, 0.5) is 5.82 Å². The number of pyridine rings is 1. The Kier molecular flexibility index (Phi) is 4.22. The van der Waals surface area contributed by atoms with E-state index in [2.05, 4.69) is 4.98 Å². The van der Waals surface area contributed by atoms with Gasteiger partial charge in [0.1, 0.15) is 5.82 Å². The van der Waals surface area contributed by atoms with Gasteiger partial charge in [0, 0.05) is 11.1 Å². The number of carbonyl (C=O) groups is 1.